The first kappa shape index (κ1) is 22.0. The van der Waals surface area contributed by atoms with E-state index in [0.29, 0.717) is 25.6 Å². The molecule has 0 aliphatic carbocycles. The van der Waals surface area contributed by atoms with Gasteiger partial charge in [-0.15, -0.1) is 6.58 Å². The maximum absolute atomic E-state index is 13.7. The van der Waals surface area contributed by atoms with Crippen LogP contribution in [0.5, 0.6) is 5.75 Å². The fraction of sp³-hybridized carbons (Fsp3) is 0.370. The average molecular weight is 432 g/mol. The molecule has 1 fully saturated rings. The second-order valence-corrected chi connectivity index (χ2v) is 8.76. The lowest BCUT2D eigenvalue weighted by Crippen LogP contribution is -2.49. The van der Waals surface area contributed by atoms with E-state index in [4.69, 9.17) is 4.74 Å². The first-order chi connectivity index (χ1) is 15.5. The summed E-state index contributed by atoms with van der Waals surface area (Å²) >= 11 is 0. The number of fused-ring (bicyclic) bond motifs is 1. The zero-order valence-corrected chi connectivity index (χ0v) is 19.6. The van der Waals surface area contributed by atoms with Crippen molar-refractivity contribution in [1.29, 1.82) is 0 Å². The molecule has 5 heteroatoms. The van der Waals surface area contributed by atoms with Gasteiger partial charge in [-0.05, 0) is 48.2 Å². The lowest BCUT2D eigenvalue weighted by molar-refractivity contribution is 0.0736. The molecule has 1 aliphatic rings. The van der Waals surface area contributed by atoms with E-state index in [1.807, 2.05) is 29.2 Å². The number of benzene rings is 2. The van der Waals surface area contributed by atoms with Crippen molar-refractivity contribution in [2.24, 2.45) is 0 Å². The first-order valence-corrected chi connectivity index (χ1v) is 11.4. The Labute approximate surface area is 190 Å². The number of methoxy groups -OCH3 is 1. The monoisotopic (exact) mass is 431 g/mol. The Morgan fingerprint density at radius 3 is 2.50 bits per heavy atom. The third-order valence-corrected chi connectivity index (χ3v) is 6.51. The zero-order valence-electron chi connectivity index (χ0n) is 19.6. The summed E-state index contributed by atoms with van der Waals surface area (Å²) in [4.78, 5) is 18.0. The van der Waals surface area contributed by atoms with Gasteiger partial charge in [-0.25, -0.2) is 0 Å². The van der Waals surface area contributed by atoms with E-state index in [1.54, 1.807) is 7.11 Å². The van der Waals surface area contributed by atoms with Gasteiger partial charge in [-0.2, -0.15) is 0 Å². The number of nitrogens with zero attached hydrogens (tertiary/aromatic N) is 3. The number of aromatic nitrogens is 1. The third kappa shape index (κ3) is 3.88. The van der Waals surface area contributed by atoms with E-state index >= 15 is 0 Å². The van der Waals surface area contributed by atoms with Crippen molar-refractivity contribution < 1.29 is 9.53 Å². The van der Waals surface area contributed by atoms with Crippen LogP contribution in [0.25, 0.3) is 10.9 Å². The minimum Gasteiger partial charge on any atom is -0.495 e. The number of hydrogen-bond acceptors (Lipinski definition) is 3. The smallest absolute Gasteiger partial charge is 0.270 e. The molecular weight excluding hydrogens is 398 g/mol. The van der Waals surface area contributed by atoms with Crippen molar-refractivity contribution in [3.63, 3.8) is 0 Å². The Morgan fingerprint density at radius 2 is 1.84 bits per heavy atom. The van der Waals surface area contributed by atoms with Crippen LogP contribution in [-0.4, -0.2) is 48.7 Å². The van der Waals surface area contributed by atoms with Gasteiger partial charge in [0.25, 0.3) is 5.91 Å². The van der Waals surface area contributed by atoms with Crippen LogP contribution >= 0.6 is 0 Å². The quantitative estimate of drug-likeness (QED) is 0.502. The van der Waals surface area contributed by atoms with Crippen LogP contribution in [0.4, 0.5) is 5.69 Å². The van der Waals surface area contributed by atoms with Crippen molar-refractivity contribution in [3.8, 4) is 5.75 Å². The molecule has 1 amide bonds. The molecule has 0 unspecified atom stereocenters. The molecule has 0 radical (unpaired) electrons. The van der Waals surface area contributed by atoms with Crippen LogP contribution in [0.1, 0.15) is 41.4 Å². The highest BCUT2D eigenvalue weighted by molar-refractivity contribution is 6.02. The number of carbonyl (C=O) groups excluding carboxylic acids is 1. The molecule has 3 aromatic rings. The summed E-state index contributed by atoms with van der Waals surface area (Å²) in [5, 5.41) is 1.16. The lowest BCUT2D eigenvalue weighted by atomic mass is 10.0. The second kappa shape index (κ2) is 9.11. The van der Waals surface area contributed by atoms with E-state index in [-0.39, 0.29) is 5.91 Å². The highest BCUT2D eigenvalue weighted by Gasteiger charge is 2.28. The van der Waals surface area contributed by atoms with Crippen LogP contribution < -0.4 is 9.64 Å². The van der Waals surface area contributed by atoms with Gasteiger partial charge >= 0.3 is 0 Å². The number of ether oxygens (including phenoxy) is 1. The molecule has 2 aromatic carbocycles. The van der Waals surface area contributed by atoms with Gasteiger partial charge in [0, 0.05) is 43.6 Å². The number of piperazine rings is 1. The highest BCUT2D eigenvalue weighted by Crippen LogP contribution is 2.31. The predicted octanol–water partition coefficient (Wildman–Crippen LogP) is 5.23. The molecule has 168 valence electrons. The van der Waals surface area contributed by atoms with Crippen LogP contribution in [-0.2, 0) is 6.54 Å². The maximum atomic E-state index is 13.7. The van der Waals surface area contributed by atoms with Gasteiger partial charge in [-0.1, -0.05) is 38.1 Å². The highest BCUT2D eigenvalue weighted by atomic mass is 16.5. The summed E-state index contributed by atoms with van der Waals surface area (Å²) in [6, 6.07) is 14.6. The number of para-hydroxylation sites is 2. The molecule has 0 spiro atoms. The van der Waals surface area contributed by atoms with Gasteiger partial charge in [0.1, 0.15) is 11.4 Å². The number of allylic oxidation sites excluding steroid dienone is 1. The molecule has 5 nitrogen and oxygen atoms in total. The SMILES string of the molecule is C=CCn1c(C(=O)N2CCN(c3ccccc3OC)CC2)c(C)c2cc(C(C)C)ccc21. The molecule has 32 heavy (non-hydrogen) atoms. The molecule has 0 atom stereocenters. The van der Waals surface area contributed by atoms with E-state index in [2.05, 4.69) is 61.1 Å². The first-order valence-electron chi connectivity index (χ1n) is 11.4. The van der Waals surface area contributed by atoms with Gasteiger partial charge < -0.3 is 19.1 Å². The average Bonchev–Trinajstić information content (AvgIpc) is 3.09. The zero-order chi connectivity index (χ0) is 22.8. The molecule has 1 aliphatic heterocycles. The number of aryl methyl sites for hydroxylation is 1. The maximum Gasteiger partial charge on any atom is 0.270 e. The standard InChI is InChI=1S/C27H33N3O2/c1-6-13-30-23-12-11-21(19(2)3)18-22(23)20(4)26(30)27(31)29-16-14-28(15-17-29)24-9-7-8-10-25(24)32-5/h6-12,18-19H,1,13-17H2,2-5H3. The van der Waals surface area contributed by atoms with Gasteiger partial charge in [0.15, 0.2) is 0 Å². The molecule has 4 rings (SSSR count). The summed E-state index contributed by atoms with van der Waals surface area (Å²) < 4.78 is 7.65. The van der Waals surface area contributed by atoms with Crippen molar-refractivity contribution in [3.05, 3.63) is 71.9 Å². The second-order valence-electron chi connectivity index (χ2n) is 8.76. The van der Waals surface area contributed by atoms with Crippen LogP contribution in [0.15, 0.2) is 55.1 Å². The van der Waals surface area contributed by atoms with Crippen molar-refractivity contribution in [1.82, 2.24) is 9.47 Å². The van der Waals surface area contributed by atoms with Crippen LogP contribution in [0.2, 0.25) is 0 Å². The summed E-state index contributed by atoms with van der Waals surface area (Å²) in [6.07, 6.45) is 1.87. The Kier molecular flexibility index (Phi) is 6.26. The Hall–Kier alpha value is -3.21. The molecule has 1 saturated heterocycles. The Balaban J connectivity index is 1.62. The normalized spacial score (nSPS) is 14.3. The molecule has 0 saturated carbocycles. The minimum atomic E-state index is 0.103. The number of hydrogen-bond donors (Lipinski definition) is 0. The Morgan fingerprint density at radius 1 is 1.12 bits per heavy atom. The summed E-state index contributed by atoms with van der Waals surface area (Å²) in [7, 11) is 1.70. The van der Waals surface area contributed by atoms with Crippen molar-refractivity contribution >= 4 is 22.5 Å². The largest absolute Gasteiger partial charge is 0.495 e. The number of anilines is 1. The van der Waals surface area contributed by atoms with Gasteiger partial charge in [0.2, 0.25) is 0 Å². The predicted molar refractivity (Wildman–Crippen MR) is 132 cm³/mol. The third-order valence-electron chi connectivity index (χ3n) is 6.51. The van der Waals surface area contributed by atoms with E-state index in [1.165, 1.54) is 5.56 Å². The summed E-state index contributed by atoms with van der Waals surface area (Å²) in [5.41, 5.74) is 5.32. The summed E-state index contributed by atoms with van der Waals surface area (Å²) in [5.74, 6) is 1.42. The molecular formula is C27H33N3O2. The van der Waals surface area contributed by atoms with E-state index < -0.39 is 0 Å². The molecule has 1 aromatic heterocycles. The fourth-order valence-corrected chi connectivity index (χ4v) is 4.68. The number of rotatable bonds is 6. The number of amides is 1. The Bertz CT molecular complexity index is 1140. The van der Waals surface area contributed by atoms with Gasteiger partial charge in [-0.3, -0.25) is 4.79 Å². The number of carbonyl (C=O) groups is 1. The topological polar surface area (TPSA) is 37.7 Å². The van der Waals surface area contributed by atoms with Crippen molar-refractivity contribution in [2.75, 3.05) is 38.2 Å². The van der Waals surface area contributed by atoms with Crippen LogP contribution in [0, 0.1) is 6.92 Å². The van der Waals surface area contributed by atoms with Gasteiger partial charge in [0.05, 0.1) is 12.8 Å². The van der Waals surface area contributed by atoms with Crippen LogP contribution in [0.3, 0.4) is 0 Å². The fourth-order valence-electron chi connectivity index (χ4n) is 4.68. The lowest BCUT2D eigenvalue weighted by Gasteiger charge is -2.36. The van der Waals surface area contributed by atoms with E-state index in [9.17, 15) is 4.79 Å². The van der Waals surface area contributed by atoms with E-state index in [0.717, 1.165) is 46.7 Å². The van der Waals surface area contributed by atoms with Crippen molar-refractivity contribution in [2.45, 2.75) is 33.2 Å². The molecule has 2 heterocycles. The minimum absolute atomic E-state index is 0.103. The molecule has 0 bridgehead atoms. The molecule has 0 N–H and O–H groups in total. The summed E-state index contributed by atoms with van der Waals surface area (Å²) in [6.45, 7) is 13.9.